The molecule has 0 aliphatic carbocycles. The van der Waals surface area contributed by atoms with Crippen molar-refractivity contribution in [1.82, 2.24) is 4.31 Å². The molecule has 7 nitrogen and oxygen atoms in total. The van der Waals surface area contributed by atoms with Crippen LogP contribution in [0.25, 0.3) is 0 Å². The molecule has 2 aromatic carbocycles. The number of hydrogen-bond donors (Lipinski definition) is 1. The predicted octanol–water partition coefficient (Wildman–Crippen LogP) is 3.29. The lowest BCUT2D eigenvalue weighted by atomic mass is 10.3. The quantitative estimate of drug-likeness (QED) is 0.721. The van der Waals surface area contributed by atoms with Crippen molar-refractivity contribution >= 4 is 33.2 Å². The molecule has 0 saturated carbocycles. The Morgan fingerprint density at radius 3 is 2.43 bits per heavy atom. The minimum Gasteiger partial charge on any atom is -0.482 e. The third-order valence-corrected chi connectivity index (χ3v) is 6.56. The average Bonchev–Trinajstić information content (AvgIpc) is 2.67. The highest BCUT2D eigenvalue weighted by Gasteiger charge is 2.32. The summed E-state index contributed by atoms with van der Waals surface area (Å²) in [7, 11) is -3.66. The second-order valence-electron chi connectivity index (χ2n) is 7.02. The van der Waals surface area contributed by atoms with Crippen LogP contribution in [0.1, 0.15) is 13.8 Å². The maximum absolute atomic E-state index is 13.0. The zero-order valence-corrected chi connectivity index (χ0v) is 18.0. The van der Waals surface area contributed by atoms with Crippen molar-refractivity contribution in [2.24, 2.45) is 0 Å². The monoisotopic (exact) mass is 456 g/mol. The lowest BCUT2D eigenvalue weighted by Gasteiger charge is -2.34. The number of sulfonamides is 1. The molecule has 1 aliphatic heterocycles. The predicted molar refractivity (Wildman–Crippen MR) is 111 cm³/mol. The fourth-order valence-corrected chi connectivity index (χ4v) is 4.93. The van der Waals surface area contributed by atoms with Gasteiger partial charge in [-0.2, -0.15) is 4.31 Å². The van der Waals surface area contributed by atoms with Crippen LogP contribution in [0.2, 0.25) is 5.02 Å². The molecular formula is C20H22ClFN2O5S. The van der Waals surface area contributed by atoms with Crippen LogP contribution in [0.4, 0.5) is 10.1 Å². The summed E-state index contributed by atoms with van der Waals surface area (Å²) in [5.41, 5.74) is 0.413. The van der Waals surface area contributed by atoms with Gasteiger partial charge in [-0.3, -0.25) is 4.79 Å². The molecule has 0 aromatic heterocycles. The number of amides is 1. The van der Waals surface area contributed by atoms with Gasteiger partial charge in [-0.1, -0.05) is 11.6 Å². The second kappa shape index (κ2) is 9.30. The van der Waals surface area contributed by atoms with E-state index in [1.54, 1.807) is 0 Å². The van der Waals surface area contributed by atoms with E-state index in [2.05, 4.69) is 5.32 Å². The molecule has 1 N–H and O–H groups in total. The van der Waals surface area contributed by atoms with Crippen LogP contribution in [0.15, 0.2) is 47.4 Å². The normalized spacial score (nSPS) is 20.0. The van der Waals surface area contributed by atoms with Crippen LogP contribution in [-0.2, 0) is 19.6 Å². The highest BCUT2D eigenvalue weighted by atomic mass is 35.5. The average molecular weight is 457 g/mol. The fraction of sp³-hybridized carbons (Fsp3) is 0.350. The molecule has 1 aliphatic rings. The van der Waals surface area contributed by atoms with Gasteiger partial charge in [0.2, 0.25) is 10.0 Å². The van der Waals surface area contributed by atoms with E-state index in [9.17, 15) is 17.6 Å². The molecule has 30 heavy (non-hydrogen) atoms. The van der Waals surface area contributed by atoms with E-state index in [1.165, 1.54) is 40.7 Å². The van der Waals surface area contributed by atoms with Crippen LogP contribution in [0.3, 0.4) is 0 Å². The summed E-state index contributed by atoms with van der Waals surface area (Å²) in [6.07, 6.45) is -0.367. The maximum atomic E-state index is 13.0. The van der Waals surface area contributed by atoms with Crippen LogP contribution < -0.4 is 10.1 Å². The molecule has 3 rings (SSSR count). The summed E-state index contributed by atoms with van der Waals surface area (Å²) in [5.74, 6) is -0.793. The van der Waals surface area contributed by atoms with Gasteiger partial charge in [0.1, 0.15) is 11.6 Å². The molecule has 1 saturated heterocycles. The second-order valence-corrected chi connectivity index (χ2v) is 9.36. The third kappa shape index (κ3) is 5.48. The largest absolute Gasteiger partial charge is 0.482 e. The SMILES string of the molecule is C[C@@H]1CN(S(=O)(=O)c2ccc(NC(=O)COc3ccc(F)cc3Cl)cc2)C[C@H](C)O1. The highest BCUT2D eigenvalue weighted by molar-refractivity contribution is 7.89. The van der Waals surface area contributed by atoms with E-state index in [0.717, 1.165) is 6.07 Å². The molecule has 10 heteroatoms. The van der Waals surface area contributed by atoms with Crippen LogP contribution in [0, 0.1) is 5.82 Å². The first-order valence-corrected chi connectivity index (χ1v) is 11.1. The molecule has 1 amide bonds. The molecule has 2 atom stereocenters. The van der Waals surface area contributed by atoms with Gasteiger partial charge in [0.05, 0.1) is 22.1 Å². The van der Waals surface area contributed by atoms with Crippen molar-refractivity contribution in [3.63, 3.8) is 0 Å². The Morgan fingerprint density at radius 2 is 1.83 bits per heavy atom. The Kier molecular flexibility index (Phi) is 6.97. The Bertz CT molecular complexity index is 1010. The standard InChI is InChI=1S/C20H22ClFN2O5S/c1-13-10-24(11-14(2)29-13)30(26,27)17-6-4-16(5-7-17)23-20(25)12-28-19-8-3-15(22)9-18(19)21/h3-9,13-14H,10-12H2,1-2H3,(H,23,25)/t13-,14+. The fourth-order valence-electron chi connectivity index (χ4n) is 3.12. The van der Waals surface area contributed by atoms with E-state index in [4.69, 9.17) is 21.1 Å². The minimum atomic E-state index is -3.66. The molecule has 0 bridgehead atoms. The third-order valence-electron chi connectivity index (χ3n) is 4.41. The van der Waals surface area contributed by atoms with E-state index >= 15 is 0 Å². The molecule has 1 heterocycles. The first-order valence-electron chi connectivity index (χ1n) is 9.28. The number of anilines is 1. The number of carbonyl (C=O) groups is 1. The van der Waals surface area contributed by atoms with Crippen molar-refractivity contribution < 1.29 is 27.1 Å². The zero-order chi connectivity index (χ0) is 21.9. The minimum absolute atomic E-state index is 0.0594. The van der Waals surface area contributed by atoms with Crippen molar-refractivity contribution in [3.8, 4) is 5.75 Å². The van der Waals surface area contributed by atoms with E-state index in [-0.39, 0.29) is 47.6 Å². The summed E-state index contributed by atoms with van der Waals surface area (Å²) in [4.78, 5) is 12.2. The first kappa shape index (κ1) is 22.5. The Morgan fingerprint density at radius 1 is 1.20 bits per heavy atom. The van der Waals surface area contributed by atoms with E-state index in [0.29, 0.717) is 5.69 Å². The molecule has 0 spiro atoms. The van der Waals surface area contributed by atoms with Gasteiger partial charge in [-0.15, -0.1) is 0 Å². The summed E-state index contributed by atoms with van der Waals surface area (Å²) in [5, 5.41) is 2.67. The molecule has 0 unspecified atom stereocenters. The van der Waals surface area contributed by atoms with Gasteiger partial charge in [0.25, 0.3) is 5.91 Å². The summed E-state index contributed by atoms with van der Waals surface area (Å²) in [6, 6.07) is 9.48. The van der Waals surface area contributed by atoms with Crippen molar-refractivity contribution in [2.45, 2.75) is 31.0 Å². The number of carbonyl (C=O) groups excluding carboxylic acids is 1. The maximum Gasteiger partial charge on any atom is 0.262 e. The Hall–Kier alpha value is -2.20. The lowest BCUT2D eigenvalue weighted by molar-refractivity contribution is -0.118. The van der Waals surface area contributed by atoms with Crippen molar-refractivity contribution in [2.75, 3.05) is 25.0 Å². The number of hydrogen-bond acceptors (Lipinski definition) is 5. The van der Waals surface area contributed by atoms with Crippen LogP contribution in [0.5, 0.6) is 5.75 Å². The number of rotatable bonds is 6. The summed E-state index contributed by atoms with van der Waals surface area (Å²) < 4.78 is 51.0. The van der Waals surface area contributed by atoms with Crippen LogP contribution in [-0.4, -0.2) is 50.5 Å². The van der Waals surface area contributed by atoms with Gasteiger partial charge in [0, 0.05) is 18.8 Å². The summed E-state index contributed by atoms with van der Waals surface area (Å²) >= 11 is 5.85. The highest BCUT2D eigenvalue weighted by Crippen LogP contribution is 2.25. The smallest absolute Gasteiger partial charge is 0.262 e. The molecule has 1 fully saturated rings. The number of benzene rings is 2. The van der Waals surface area contributed by atoms with Gasteiger partial charge in [0.15, 0.2) is 6.61 Å². The molecule has 162 valence electrons. The number of nitrogens with one attached hydrogen (secondary N) is 1. The molecular weight excluding hydrogens is 435 g/mol. The van der Waals surface area contributed by atoms with Gasteiger partial charge >= 0.3 is 0 Å². The van der Waals surface area contributed by atoms with Gasteiger partial charge in [-0.05, 0) is 56.3 Å². The molecule has 2 aromatic rings. The number of halogens is 2. The Labute approximate surface area is 179 Å². The van der Waals surface area contributed by atoms with Gasteiger partial charge < -0.3 is 14.8 Å². The number of nitrogens with zero attached hydrogens (tertiary/aromatic N) is 1. The topological polar surface area (TPSA) is 84.9 Å². The first-order chi connectivity index (χ1) is 14.1. The van der Waals surface area contributed by atoms with E-state index < -0.39 is 21.7 Å². The number of ether oxygens (including phenoxy) is 2. The van der Waals surface area contributed by atoms with Gasteiger partial charge in [-0.25, -0.2) is 12.8 Å². The summed E-state index contributed by atoms with van der Waals surface area (Å²) in [6.45, 7) is 3.90. The van der Waals surface area contributed by atoms with Crippen LogP contribution >= 0.6 is 11.6 Å². The van der Waals surface area contributed by atoms with E-state index in [1.807, 2.05) is 13.8 Å². The van der Waals surface area contributed by atoms with Crippen molar-refractivity contribution in [1.29, 1.82) is 0 Å². The van der Waals surface area contributed by atoms with Crippen molar-refractivity contribution in [3.05, 3.63) is 53.3 Å². The Balaban J connectivity index is 1.60. The number of morpholine rings is 1. The lowest BCUT2D eigenvalue weighted by Crippen LogP contribution is -2.48. The zero-order valence-electron chi connectivity index (χ0n) is 16.5. The molecule has 0 radical (unpaired) electrons.